The van der Waals surface area contributed by atoms with Gasteiger partial charge in [0.15, 0.2) is 0 Å². The van der Waals surface area contributed by atoms with Crippen LogP contribution in [0.2, 0.25) is 0 Å². The second kappa shape index (κ2) is 7.01. The van der Waals surface area contributed by atoms with Gasteiger partial charge in [-0.1, -0.05) is 0 Å². The maximum Gasteiger partial charge on any atom is 0.265 e. The molecule has 0 spiro atoms. The number of hydrogen-bond acceptors (Lipinski definition) is 8. The van der Waals surface area contributed by atoms with E-state index in [4.69, 9.17) is 20.4 Å². The number of amides is 1. The summed E-state index contributed by atoms with van der Waals surface area (Å²) in [5.41, 5.74) is 2.29. The number of hydrogen-bond donors (Lipinski definition) is 6. The lowest BCUT2D eigenvalue weighted by molar-refractivity contribution is -0.277. The number of aliphatic hydroxyl groups excluding tert-OH is 4. The largest absolute Gasteiger partial charge is 0.462 e. The molecule has 1 aromatic carbocycles. The van der Waals surface area contributed by atoms with Crippen LogP contribution in [0.25, 0.3) is 0 Å². The van der Waals surface area contributed by atoms with Crippen molar-refractivity contribution in [1.82, 2.24) is 5.43 Å². The summed E-state index contributed by atoms with van der Waals surface area (Å²) < 4.78 is 10.6. The highest BCUT2D eigenvalue weighted by Crippen LogP contribution is 2.24. The lowest BCUT2D eigenvalue weighted by Crippen LogP contribution is -2.60. The van der Waals surface area contributed by atoms with Gasteiger partial charge in [0.2, 0.25) is 6.29 Å². The maximum atomic E-state index is 11.3. The Morgan fingerprint density at radius 3 is 2.36 bits per heavy atom. The third-order valence-corrected chi connectivity index (χ3v) is 3.35. The van der Waals surface area contributed by atoms with Gasteiger partial charge >= 0.3 is 0 Å². The first-order chi connectivity index (χ1) is 10.5. The molecule has 0 aromatic heterocycles. The minimum absolute atomic E-state index is 0.262. The Labute approximate surface area is 125 Å². The van der Waals surface area contributed by atoms with Crippen molar-refractivity contribution in [2.75, 3.05) is 6.61 Å². The topological polar surface area (TPSA) is 154 Å². The molecule has 9 nitrogen and oxygen atoms in total. The van der Waals surface area contributed by atoms with Gasteiger partial charge in [-0.3, -0.25) is 10.2 Å². The fraction of sp³-hybridized carbons (Fsp3) is 0.462. The van der Waals surface area contributed by atoms with E-state index in [1.807, 2.05) is 5.43 Å². The smallest absolute Gasteiger partial charge is 0.265 e. The van der Waals surface area contributed by atoms with E-state index in [-0.39, 0.29) is 5.75 Å². The van der Waals surface area contributed by atoms with Crippen LogP contribution in [0.1, 0.15) is 10.4 Å². The molecule has 0 saturated carbocycles. The summed E-state index contributed by atoms with van der Waals surface area (Å²) in [5, 5.41) is 38.2. The van der Waals surface area contributed by atoms with Crippen molar-refractivity contribution in [3.8, 4) is 5.75 Å². The summed E-state index contributed by atoms with van der Waals surface area (Å²) in [5.74, 6) is 4.80. The molecule has 122 valence electrons. The van der Waals surface area contributed by atoms with Gasteiger partial charge in [-0.15, -0.1) is 0 Å². The van der Waals surface area contributed by atoms with E-state index in [0.29, 0.717) is 5.56 Å². The van der Waals surface area contributed by atoms with Crippen molar-refractivity contribution in [2.24, 2.45) is 5.84 Å². The van der Waals surface area contributed by atoms with Crippen LogP contribution in [0.15, 0.2) is 24.3 Å². The highest BCUT2D eigenvalue weighted by atomic mass is 16.7. The van der Waals surface area contributed by atoms with Crippen LogP contribution in [0.4, 0.5) is 0 Å². The standard InChI is InChI=1S/C13H18N2O7/c14-15-12(20)6-1-3-7(4-2-6)21-13-11(19)10(18)9(17)8(5-16)22-13/h1-4,8-11,13,16-19H,5,14H2,(H,15,20)/t8?,9-,10?,11?,13+/m0/s1. The molecular formula is C13H18N2O7. The first-order valence-electron chi connectivity index (χ1n) is 6.56. The van der Waals surface area contributed by atoms with Crippen LogP contribution in [0.3, 0.4) is 0 Å². The Bertz CT molecular complexity index is 508. The van der Waals surface area contributed by atoms with Crippen molar-refractivity contribution in [3.05, 3.63) is 29.8 Å². The molecule has 0 bridgehead atoms. The molecule has 1 saturated heterocycles. The molecule has 1 aliphatic heterocycles. The second-order valence-corrected chi connectivity index (χ2v) is 4.81. The number of nitrogens with two attached hydrogens (primary N) is 1. The van der Waals surface area contributed by atoms with E-state index < -0.39 is 43.2 Å². The van der Waals surface area contributed by atoms with Crippen molar-refractivity contribution >= 4 is 5.91 Å². The molecule has 7 N–H and O–H groups in total. The normalized spacial score (nSPS) is 31.6. The number of nitrogen functional groups attached to an aromatic ring is 1. The monoisotopic (exact) mass is 314 g/mol. The van der Waals surface area contributed by atoms with Gasteiger partial charge in [0, 0.05) is 5.56 Å². The number of nitrogens with one attached hydrogen (secondary N) is 1. The summed E-state index contributed by atoms with van der Waals surface area (Å²) in [6.45, 7) is -0.541. The zero-order valence-corrected chi connectivity index (χ0v) is 11.5. The zero-order chi connectivity index (χ0) is 16.3. The molecule has 0 radical (unpaired) electrons. The summed E-state index contributed by atoms with van der Waals surface area (Å²) in [6.07, 6.45) is -6.78. The van der Waals surface area contributed by atoms with Crippen molar-refractivity contribution in [3.63, 3.8) is 0 Å². The van der Waals surface area contributed by atoms with E-state index in [1.54, 1.807) is 0 Å². The first kappa shape index (κ1) is 16.6. The molecule has 1 amide bonds. The van der Waals surface area contributed by atoms with Gasteiger partial charge in [-0.05, 0) is 24.3 Å². The molecule has 3 unspecified atom stereocenters. The van der Waals surface area contributed by atoms with E-state index in [0.717, 1.165) is 0 Å². The Morgan fingerprint density at radius 2 is 1.82 bits per heavy atom. The molecule has 0 aliphatic carbocycles. The fourth-order valence-corrected chi connectivity index (χ4v) is 2.07. The molecule has 5 atom stereocenters. The minimum Gasteiger partial charge on any atom is -0.462 e. The fourth-order valence-electron chi connectivity index (χ4n) is 2.07. The lowest BCUT2D eigenvalue weighted by atomic mass is 9.99. The quantitative estimate of drug-likeness (QED) is 0.202. The van der Waals surface area contributed by atoms with Gasteiger partial charge in [0.25, 0.3) is 5.91 Å². The number of carbonyl (C=O) groups excluding carboxylic acids is 1. The highest BCUT2D eigenvalue weighted by Gasteiger charge is 2.44. The van der Waals surface area contributed by atoms with Crippen molar-refractivity contribution in [1.29, 1.82) is 0 Å². The summed E-state index contributed by atoms with van der Waals surface area (Å²) in [6, 6.07) is 5.79. The van der Waals surface area contributed by atoms with Gasteiger partial charge in [0.1, 0.15) is 30.2 Å². The number of hydrazine groups is 1. The molecule has 1 aromatic rings. The third kappa shape index (κ3) is 3.35. The molecular weight excluding hydrogens is 296 g/mol. The molecule has 9 heteroatoms. The Morgan fingerprint density at radius 1 is 1.18 bits per heavy atom. The molecule has 2 rings (SSSR count). The van der Waals surface area contributed by atoms with Crippen LogP contribution >= 0.6 is 0 Å². The number of aliphatic hydroxyl groups is 4. The second-order valence-electron chi connectivity index (χ2n) is 4.81. The SMILES string of the molecule is NNC(=O)c1ccc(O[C@@H]2OC(CO)[C@H](O)C(O)C2O)cc1. The zero-order valence-electron chi connectivity index (χ0n) is 11.5. The predicted molar refractivity (Wildman–Crippen MR) is 72.5 cm³/mol. The van der Waals surface area contributed by atoms with E-state index >= 15 is 0 Å². The van der Waals surface area contributed by atoms with Crippen LogP contribution in [0, 0.1) is 0 Å². The van der Waals surface area contributed by atoms with E-state index in [9.17, 15) is 20.1 Å². The van der Waals surface area contributed by atoms with Crippen molar-refractivity contribution < 1.29 is 34.7 Å². The number of benzene rings is 1. The summed E-state index contributed by atoms with van der Waals surface area (Å²) in [7, 11) is 0. The number of carbonyl (C=O) groups is 1. The summed E-state index contributed by atoms with van der Waals surface area (Å²) >= 11 is 0. The highest BCUT2D eigenvalue weighted by molar-refractivity contribution is 5.93. The Hall–Kier alpha value is -1.75. The van der Waals surface area contributed by atoms with Crippen LogP contribution in [-0.4, -0.2) is 63.6 Å². The molecule has 1 aliphatic rings. The van der Waals surface area contributed by atoms with Crippen LogP contribution in [-0.2, 0) is 4.74 Å². The average molecular weight is 314 g/mol. The molecule has 1 heterocycles. The molecule has 22 heavy (non-hydrogen) atoms. The maximum absolute atomic E-state index is 11.3. The van der Waals surface area contributed by atoms with Crippen LogP contribution < -0.4 is 16.0 Å². The van der Waals surface area contributed by atoms with Crippen molar-refractivity contribution in [2.45, 2.75) is 30.7 Å². The Kier molecular flexibility index (Phi) is 5.29. The average Bonchev–Trinajstić information content (AvgIpc) is 2.55. The molecule has 1 fully saturated rings. The van der Waals surface area contributed by atoms with E-state index in [1.165, 1.54) is 24.3 Å². The predicted octanol–water partition coefficient (Wildman–Crippen LogP) is -2.53. The Balaban J connectivity index is 2.07. The van der Waals surface area contributed by atoms with Gasteiger partial charge in [-0.25, -0.2) is 5.84 Å². The van der Waals surface area contributed by atoms with Gasteiger partial charge in [0.05, 0.1) is 6.61 Å². The third-order valence-electron chi connectivity index (χ3n) is 3.35. The first-order valence-corrected chi connectivity index (χ1v) is 6.56. The summed E-state index contributed by atoms with van der Waals surface area (Å²) in [4.78, 5) is 11.3. The number of rotatable bonds is 4. The number of ether oxygens (including phenoxy) is 2. The van der Waals surface area contributed by atoms with Crippen LogP contribution in [0.5, 0.6) is 5.75 Å². The minimum atomic E-state index is -1.52. The van der Waals surface area contributed by atoms with E-state index in [2.05, 4.69) is 0 Å². The van der Waals surface area contributed by atoms with Gasteiger partial charge < -0.3 is 29.9 Å². The van der Waals surface area contributed by atoms with Gasteiger partial charge in [-0.2, -0.15) is 0 Å². The lowest BCUT2D eigenvalue weighted by Gasteiger charge is -2.39.